The van der Waals surface area contributed by atoms with Crippen LogP contribution < -0.4 is 4.74 Å². The van der Waals surface area contributed by atoms with Gasteiger partial charge in [-0.25, -0.2) is 9.59 Å². The summed E-state index contributed by atoms with van der Waals surface area (Å²) in [6, 6.07) is 3.44. The van der Waals surface area contributed by atoms with Crippen LogP contribution in [-0.4, -0.2) is 22.2 Å². The number of carboxylic acids is 1. The first-order chi connectivity index (χ1) is 7.41. The minimum absolute atomic E-state index is 0.127. The van der Waals surface area contributed by atoms with Crippen LogP contribution in [0.2, 0.25) is 0 Å². The van der Waals surface area contributed by atoms with Gasteiger partial charge in [0.15, 0.2) is 0 Å². The molecule has 0 saturated carbocycles. The number of carbonyl (C=O) groups excluding carboxylic acids is 1. The first kappa shape index (κ1) is 11.8. The van der Waals surface area contributed by atoms with Crippen molar-refractivity contribution >= 4 is 11.9 Å². The molecule has 1 aromatic rings. The summed E-state index contributed by atoms with van der Waals surface area (Å²) in [5.74, 6) is -2.35. The number of rotatable bonds is 3. The van der Waals surface area contributed by atoms with Crippen LogP contribution in [0.1, 0.15) is 17.3 Å². The zero-order chi connectivity index (χ0) is 12.3. The number of hydrogen-bond acceptors (Lipinski definition) is 4. The quantitative estimate of drug-likeness (QED) is 0.460. The van der Waals surface area contributed by atoms with Crippen molar-refractivity contribution in [2.75, 3.05) is 0 Å². The van der Waals surface area contributed by atoms with Crippen molar-refractivity contribution in [3.63, 3.8) is 0 Å². The molecule has 0 aliphatic carbocycles. The largest absolute Gasteiger partial charge is 0.508 e. The van der Waals surface area contributed by atoms with Gasteiger partial charge in [0.05, 0.1) is 0 Å². The van der Waals surface area contributed by atoms with Crippen molar-refractivity contribution in [1.29, 1.82) is 0 Å². The van der Waals surface area contributed by atoms with Crippen LogP contribution in [0.3, 0.4) is 0 Å². The summed E-state index contributed by atoms with van der Waals surface area (Å²) in [5.41, 5.74) is -0.126. The first-order valence-corrected chi connectivity index (χ1v) is 4.36. The van der Waals surface area contributed by atoms with E-state index in [1.165, 1.54) is 19.1 Å². The van der Waals surface area contributed by atoms with Crippen molar-refractivity contribution in [3.8, 4) is 11.5 Å². The monoisotopic (exact) mass is 222 g/mol. The van der Waals surface area contributed by atoms with Crippen LogP contribution in [-0.2, 0) is 4.79 Å². The zero-order valence-electron chi connectivity index (χ0n) is 8.56. The molecule has 0 saturated heterocycles. The van der Waals surface area contributed by atoms with Gasteiger partial charge in [0, 0.05) is 5.57 Å². The molecular weight excluding hydrogens is 212 g/mol. The molecule has 5 nitrogen and oxygen atoms in total. The Labute approximate surface area is 91.6 Å². The molecule has 0 bridgehead atoms. The van der Waals surface area contributed by atoms with Gasteiger partial charge in [0.1, 0.15) is 17.1 Å². The lowest BCUT2D eigenvalue weighted by atomic mass is 10.2. The van der Waals surface area contributed by atoms with Gasteiger partial charge in [-0.15, -0.1) is 0 Å². The Balaban J connectivity index is 3.09. The molecule has 0 spiro atoms. The van der Waals surface area contributed by atoms with Gasteiger partial charge in [-0.3, -0.25) is 0 Å². The Bertz CT molecular complexity index is 461. The number of phenolic OH excluding ortho intramolecular Hbond substituents is 1. The molecule has 0 amide bonds. The number of carbonyl (C=O) groups is 2. The lowest BCUT2D eigenvalue weighted by Gasteiger charge is -2.07. The van der Waals surface area contributed by atoms with Gasteiger partial charge >= 0.3 is 11.9 Å². The Morgan fingerprint density at radius 2 is 2.00 bits per heavy atom. The molecule has 5 heteroatoms. The van der Waals surface area contributed by atoms with Gasteiger partial charge in [-0.05, 0) is 25.1 Å². The molecule has 0 aliphatic heterocycles. The molecule has 0 aromatic heterocycles. The summed E-state index contributed by atoms with van der Waals surface area (Å²) < 4.78 is 4.79. The Morgan fingerprint density at radius 3 is 2.50 bits per heavy atom. The normalized spacial score (nSPS) is 9.56. The molecule has 0 radical (unpaired) electrons. The average Bonchev–Trinajstić information content (AvgIpc) is 2.20. The van der Waals surface area contributed by atoms with Crippen LogP contribution in [0.25, 0.3) is 0 Å². The van der Waals surface area contributed by atoms with E-state index in [1.54, 1.807) is 0 Å². The number of aromatic carboxylic acids is 1. The minimum Gasteiger partial charge on any atom is -0.508 e. The SMILES string of the molecule is C=C(C)C(=O)Oc1ccc(O)cc1C(=O)O. The summed E-state index contributed by atoms with van der Waals surface area (Å²) in [5, 5.41) is 17.9. The predicted molar refractivity (Wildman–Crippen MR) is 55.5 cm³/mol. The lowest BCUT2D eigenvalue weighted by Crippen LogP contribution is -2.11. The third kappa shape index (κ3) is 2.60. The summed E-state index contributed by atoms with van der Waals surface area (Å²) in [7, 11) is 0. The van der Waals surface area contributed by atoms with Crippen molar-refractivity contribution < 1.29 is 24.5 Å². The van der Waals surface area contributed by atoms with E-state index in [0.29, 0.717) is 0 Å². The maximum absolute atomic E-state index is 11.2. The van der Waals surface area contributed by atoms with Crippen LogP contribution in [0.15, 0.2) is 30.4 Å². The van der Waals surface area contributed by atoms with Crippen LogP contribution in [0.4, 0.5) is 0 Å². The molecule has 0 unspecified atom stereocenters. The highest BCUT2D eigenvalue weighted by atomic mass is 16.5. The summed E-state index contributed by atoms with van der Waals surface area (Å²) in [6.45, 7) is 4.82. The molecule has 1 rings (SSSR count). The van der Waals surface area contributed by atoms with E-state index in [9.17, 15) is 9.59 Å². The van der Waals surface area contributed by atoms with Crippen molar-refractivity contribution in [1.82, 2.24) is 0 Å². The molecule has 0 atom stereocenters. The summed E-state index contributed by atoms with van der Waals surface area (Å²) in [4.78, 5) is 22.0. The predicted octanol–water partition coefficient (Wildman–Crippen LogP) is 1.57. The number of aromatic hydroxyl groups is 1. The highest BCUT2D eigenvalue weighted by Gasteiger charge is 2.15. The van der Waals surface area contributed by atoms with Gasteiger partial charge in [0.2, 0.25) is 0 Å². The molecule has 2 N–H and O–H groups in total. The third-order valence-electron chi connectivity index (χ3n) is 1.74. The second-order valence-electron chi connectivity index (χ2n) is 3.16. The molecule has 16 heavy (non-hydrogen) atoms. The molecule has 0 fully saturated rings. The Hall–Kier alpha value is -2.30. The maximum atomic E-state index is 11.2. The number of carboxylic acid groups (broad SMARTS) is 1. The standard InChI is InChI=1S/C11H10O5/c1-6(2)11(15)16-9-4-3-7(12)5-8(9)10(13)14/h3-5,12H,1H2,2H3,(H,13,14). The highest BCUT2D eigenvalue weighted by Crippen LogP contribution is 2.24. The maximum Gasteiger partial charge on any atom is 0.339 e. The summed E-state index contributed by atoms with van der Waals surface area (Å²) in [6.07, 6.45) is 0. The average molecular weight is 222 g/mol. The molecule has 0 heterocycles. The number of esters is 1. The van der Waals surface area contributed by atoms with Gasteiger partial charge < -0.3 is 14.9 Å². The first-order valence-electron chi connectivity index (χ1n) is 4.36. The molecule has 1 aromatic carbocycles. The van der Waals surface area contributed by atoms with Crippen molar-refractivity contribution in [2.24, 2.45) is 0 Å². The topological polar surface area (TPSA) is 83.8 Å². The number of ether oxygens (including phenoxy) is 1. The van der Waals surface area contributed by atoms with Gasteiger partial charge in [-0.1, -0.05) is 6.58 Å². The van der Waals surface area contributed by atoms with Gasteiger partial charge in [-0.2, -0.15) is 0 Å². The van der Waals surface area contributed by atoms with Crippen molar-refractivity contribution in [3.05, 3.63) is 35.9 Å². The molecular formula is C11H10O5. The Kier molecular flexibility index (Phi) is 3.30. The fourth-order valence-electron chi connectivity index (χ4n) is 0.961. The van der Waals surface area contributed by atoms with E-state index in [1.807, 2.05) is 0 Å². The second kappa shape index (κ2) is 4.48. The van der Waals surface area contributed by atoms with Crippen LogP contribution in [0.5, 0.6) is 11.5 Å². The van der Waals surface area contributed by atoms with Crippen molar-refractivity contribution in [2.45, 2.75) is 6.92 Å². The van der Waals surface area contributed by atoms with Gasteiger partial charge in [0.25, 0.3) is 0 Å². The van der Waals surface area contributed by atoms with Crippen LogP contribution in [0, 0.1) is 0 Å². The minimum atomic E-state index is -1.29. The van der Waals surface area contributed by atoms with E-state index in [-0.39, 0.29) is 22.6 Å². The fraction of sp³-hybridized carbons (Fsp3) is 0.0909. The molecule has 84 valence electrons. The van der Waals surface area contributed by atoms with E-state index in [4.69, 9.17) is 14.9 Å². The third-order valence-corrected chi connectivity index (χ3v) is 1.74. The number of benzene rings is 1. The lowest BCUT2D eigenvalue weighted by molar-refractivity contribution is -0.130. The highest BCUT2D eigenvalue weighted by molar-refractivity contribution is 5.94. The smallest absolute Gasteiger partial charge is 0.339 e. The van der Waals surface area contributed by atoms with E-state index in [0.717, 1.165) is 6.07 Å². The number of hydrogen-bond donors (Lipinski definition) is 2. The fourth-order valence-corrected chi connectivity index (χ4v) is 0.961. The summed E-state index contributed by atoms with van der Waals surface area (Å²) >= 11 is 0. The van der Waals surface area contributed by atoms with Crippen LogP contribution >= 0.6 is 0 Å². The zero-order valence-corrected chi connectivity index (χ0v) is 8.56. The van der Waals surface area contributed by atoms with E-state index < -0.39 is 11.9 Å². The van der Waals surface area contributed by atoms with E-state index >= 15 is 0 Å². The Morgan fingerprint density at radius 1 is 1.38 bits per heavy atom. The van der Waals surface area contributed by atoms with E-state index in [2.05, 4.69) is 6.58 Å². The molecule has 0 aliphatic rings. The second-order valence-corrected chi connectivity index (χ2v) is 3.16. The number of phenols is 1.